The van der Waals surface area contributed by atoms with Crippen LogP contribution in [0.4, 0.5) is 0 Å². The van der Waals surface area contributed by atoms with Crippen molar-refractivity contribution in [2.24, 2.45) is 4.99 Å². The van der Waals surface area contributed by atoms with Crippen molar-refractivity contribution in [3.05, 3.63) is 36.6 Å². The van der Waals surface area contributed by atoms with Crippen molar-refractivity contribution in [2.75, 3.05) is 13.7 Å². The summed E-state index contributed by atoms with van der Waals surface area (Å²) in [5, 5.41) is 8.72. The fourth-order valence-electron chi connectivity index (χ4n) is 0.948. The van der Waals surface area contributed by atoms with Crippen LogP contribution in [0.25, 0.3) is 0 Å². The van der Waals surface area contributed by atoms with Crippen molar-refractivity contribution in [3.8, 4) is 0 Å². The van der Waals surface area contributed by atoms with Crippen molar-refractivity contribution < 1.29 is 14.6 Å². The predicted octanol–water partition coefficient (Wildman–Crippen LogP) is 1.63. The minimum Gasteiger partial charge on any atom is -0.466 e. The number of hydrogen-bond acceptors (Lipinski definition) is 4. The molecule has 1 N–H and O–H groups in total. The zero-order valence-electron chi connectivity index (χ0n) is 9.43. The van der Waals surface area contributed by atoms with Gasteiger partial charge in [0.1, 0.15) is 0 Å². The van der Waals surface area contributed by atoms with Gasteiger partial charge in [-0.1, -0.05) is 12.7 Å². The lowest BCUT2D eigenvalue weighted by molar-refractivity contribution is -0.134. The lowest BCUT2D eigenvalue weighted by Gasteiger charge is -1.98. The van der Waals surface area contributed by atoms with Gasteiger partial charge in [-0.25, -0.2) is 4.79 Å². The van der Waals surface area contributed by atoms with E-state index in [1.54, 1.807) is 18.4 Å². The molecule has 0 amide bonds. The van der Waals surface area contributed by atoms with E-state index in [9.17, 15) is 4.79 Å². The van der Waals surface area contributed by atoms with E-state index in [2.05, 4.69) is 16.3 Å². The van der Waals surface area contributed by atoms with Crippen LogP contribution < -0.4 is 0 Å². The molecule has 88 valence electrons. The van der Waals surface area contributed by atoms with Crippen LogP contribution >= 0.6 is 0 Å². The zero-order valence-corrected chi connectivity index (χ0v) is 9.43. The number of ether oxygens (including phenoxy) is 1. The Labute approximate surface area is 95.6 Å². The summed E-state index contributed by atoms with van der Waals surface area (Å²) in [6, 6.07) is 0. The average molecular weight is 223 g/mol. The summed E-state index contributed by atoms with van der Waals surface area (Å²) in [5.41, 5.74) is 0.894. The molecule has 0 bridgehead atoms. The number of carbonyl (C=O) groups excluding carboxylic acids is 1. The van der Waals surface area contributed by atoms with Gasteiger partial charge in [-0.2, -0.15) is 0 Å². The lowest BCUT2D eigenvalue weighted by atomic mass is 10.1. The summed E-state index contributed by atoms with van der Waals surface area (Å²) in [6.07, 6.45) is 9.07. The van der Waals surface area contributed by atoms with Crippen LogP contribution in [-0.4, -0.2) is 31.0 Å². The Morgan fingerprint density at radius 3 is 2.81 bits per heavy atom. The molecule has 0 saturated carbocycles. The number of aliphatic hydroxyl groups excluding tert-OH is 1. The molecule has 0 aliphatic rings. The Morgan fingerprint density at radius 1 is 1.50 bits per heavy atom. The number of hydrogen-bond donors (Lipinski definition) is 1. The number of allylic oxidation sites excluding steroid dienone is 3. The monoisotopic (exact) mass is 223 g/mol. The highest BCUT2D eigenvalue weighted by molar-refractivity contribution is 5.83. The second-order valence-electron chi connectivity index (χ2n) is 2.91. The van der Waals surface area contributed by atoms with E-state index in [-0.39, 0.29) is 6.61 Å². The molecule has 16 heavy (non-hydrogen) atoms. The van der Waals surface area contributed by atoms with E-state index >= 15 is 0 Å². The summed E-state index contributed by atoms with van der Waals surface area (Å²) in [6.45, 7) is 3.56. The topological polar surface area (TPSA) is 58.9 Å². The van der Waals surface area contributed by atoms with Gasteiger partial charge in [0, 0.05) is 25.1 Å². The molecule has 0 unspecified atom stereocenters. The minimum absolute atomic E-state index is 0.113. The fraction of sp³-hybridized carbons (Fsp3) is 0.333. The van der Waals surface area contributed by atoms with E-state index in [1.807, 2.05) is 0 Å². The van der Waals surface area contributed by atoms with E-state index in [1.165, 1.54) is 19.4 Å². The number of rotatable bonds is 7. The largest absolute Gasteiger partial charge is 0.466 e. The number of methoxy groups -OCH3 is 1. The Hall–Kier alpha value is -1.68. The molecule has 0 aliphatic carbocycles. The van der Waals surface area contributed by atoms with E-state index < -0.39 is 5.97 Å². The van der Waals surface area contributed by atoms with Crippen LogP contribution in [0.1, 0.15) is 12.8 Å². The number of aliphatic imine (C=N–C) groups is 1. The molecule has 0 aromatic rings. The maximum absolute atomic E-state index is 10.9. The molecule has 0 saturated heterocycles. The Morgan fingerprint density at radius 2 is 2.25 bits per heavy atom. The molecule has 0 aromatic heterocycles. The third-order valence-electron chi connectivity index (χ3n) is 1.74. The van der Waals surface area contributed by atoms with Crippen LogP contribution in [0, 0.1) is 0 Å². The van der Waals surface area contributed by atoms with Crippen molar-refractivity contribution in [1.29, 1.82) is 0 Å². The van der Waals surface area contributed by atoms with Crippen LogP contribution in [0.2, 0.25) is 0 Å². The average Bonchev–Trinajstić information content (AvgIpc) is 2.31. The number of esters is 1. The second-order valence-corrected chi connectivity index (χ2v) is 2.91. The Kier molecular flexibility index (Phi) is 8.82. The maximum atomic E-state index is 10.9. The first-order chi connectivity index (χ1) is 7.74. The smallest absolute Gasteiger partial charge is 0.330 e. The summed E-state index contributed by atoms with van der Waals surface area (Å²) in [4.78, 5) is 14.7. The molecule has 0 atom stereocenters. The normalized spacial score (nSPS) is 12.2. The van der Waals surface area contributed by atoms with Gasteiger partial charge in [-0.05, 0) is 24.5 Å². The van der Waals surface area contributed by atoms with E-state index in [4.69, 9.17) is 5.11 Å². The third-order valence-corrected chi connectivity index (χ3v) is 1.74. The maximum Gasteiger partial charge on any atom is 0.330 e. The number of carbonyl (C=O) groups is 1. The molecule has 0 spiro atoms. The minimum atomic E-state index is -0.407. The standard InChI is InChI=1S/C12H17NO3/c1-3-13-9-8-11(5-4-10-14)6-7-12(15)16-2/h3,6-9,14H,1,4-5,10H2,2H3/b7-6+,11-8-,13-9+. The van der Waals surface area contributed by atoms with E-state index in [0.29, 0.717) is 12.8 Å². The highest BCUT2D eigenvalue weighted by Crippen LogP contribution is 2.06. The zero-order chi connectivity index (χ0) is 12.2. The second kappa shape index (κ2) is 9.86. The van der Waals surface area contributed by atoms with Gasteiger partial charge >= 0.3 is 5.97 Å². The first-order valence-corrected chi connectivity index (χ1v) is 4.94. The molecular formula is C12H17NO3. The quantitative estimate of drug-likeness (QED) is 0.309. The first kappa shape index (κ1) is 14.3. The summed E-state index contributed by atoms with van der Waals surface area (Å²) >= 11 is 0. The molecule has 4 nitrogen and oxygen atoms in total. The van der Waals surface area contributed by atoms with Gasteiger partial charge in [-0.3, -0.25) is 4.99 Å². The van der Waals surface area contributed by atoms with Crippen molar-refractivity contribution in [2.45, 2.75) is 12.8 Å². The molecule has 0 rings (SSSR count). The van der Waals surface area contributed by atoms with Crippen molar-refractivity contribution >= 4 is 12.2 Å². The van der Waals surface area contributed by atoms with Crippen LogP contribution in [0.15, 0.2) is 41.6 Å². The Balaban J connectivity index is 4.47. The van der Waals surface area contributed by atoms with Gasteiger partial charge in [0.25, 0.3) is 0 Å². The van der Waals surface area contributed by atoms with Crippen molar-refractivity contribution in [3.63, 3.8) is 0 Å². The fourth-order valence-corrected chi connectivity index (χ4v) is 0.948. The molecule has 0 fully saturated rings. The first-order valence-electron chi connectivity index (χ1n) is 4.94. The van der Waals surface area contributed by atoms with Crippen molar-refractivity contribution in [1.82, 2.24) is 0 Å². The number of aliphatic hydroxyl groups is 1. The number of nitrogens with zero attached hydrogens (tertiary/aromatic N) is 1. The summed E-state index contributed by atoms with van der Waals surface area (Å²) < 4.78 is 4.48. The summed E-state index contributed by atoms with van der Waals surface area (Å²) in [7, 11) is 1.32. The van der Waals surface area contributed by atoms with Gasteiger partial charge in [-0.15, -0.1) is 0 Å². The van der Waals surface area contributed by atoms with E-state index in [0.717, 1.165) is 5.57 Å². The van der Waals surface area contributed by atoms with Gasteiger partial charge in [0.2, 0.25) is 0 Å². The molecule has 4 heteroatoms. The molecule has 0 radical (unpaired) electrons. The predicted molar refractivity (Wildman–Crippen MR) is 64.2 cm³/mol. The molecular weight excluding hydrogens is 206 g/mol. The summed E-state index contributed by atoms with van der Waals surface area (Å²) in [5.74, 6) is -0.407. The van der Waals surface area contributed by atoms with Crippen LogP contribution in [0.5, 0.6) is 0 Å². The van der Waals surface area contributed by atoms with Crippen LogP contribution in [0.3, 0.4) is 0 Å². The molecule has 0 aliphatic heterocycles. The van der Waals surface area contributed by atoms with Gasteiger partial charge < -0.3 is 9.84 Å². The SMILES string of the molecule is C=C/N=C/C=C(\C=C\C(=O)OC)CCCO. The molecule has 0 aromatic carbocycles. The Bertz CT molecular complexity index is 303. The molecule has 0 heterocycles. The highest BCUT2D eigenvalue weighted by Gasteiger charge is 1.95. The highest BCUT2D eigenvalue weighted by atomic mass is 16.5. The third kappa shape index (κ3) is 7.70. The van der Waals surface area contributed by atoms with Gasteiger partial charge in [0.15, 0.2) is 0 Å². The van der Waals surface area contributed by atoms with Crippen LogP contribution in [-0.2, 0) is 9.53 Å². The van der Waals surface area contributed by atoms with Gasteiger partial charge in [0.05, 0.1) is 7.11 Å². The lowest BCUT2D eigenvalue weighted by Crippen LogP contribution is -1.94.